The second-order valence-corrected chi connectivity index (χ2v) is 8.27. The summed E-state index contributed by atoms with van der Waals surface area (Å²) in [5, 5.41) is 5.23. The van der Waals surface area contributed by atoms with E-state index in [1.807, 2.05) is 48.2 Å². The molecule has 2 aromatic heterocycles. The summed E-state index contributed by atoms with van der Waals surface area (Å²) in [5.41, 5.74) is 2.58. The zero-order valence-corrected chi connectivity index (χ0v) is 17.6. The van der Waals surface area contributed by atoms with Crippen LogP contribution >= 0.6 is 12.2 Å². The minimum Gasteiger partial charge on any atom is -0.467 e. The molecule has 2 heterocycles. The van der Waals surface area contributed by atoms with Gasteiger partial charge in [0.25, 0.3) is 5.56 Å². The number of nitrogens with one attached hydrogen (secondary N) is 2. The molecule has 0 radical (unpaired) electrons. The van der Waals surface area contributed by atoms with Gasteiger partial charge in [-0.2, -0.15) is 0 Å². The third kappa shape index (κ3) is 4.70. The third-order valence-electron chi connectivity index (χ3n) is 5.67. The zero-order chi connectivity index (χ0) is 20.2. The minimum atomic E-state index is -0.0725. The molecule has 1 aliphatic rings. The Morgan fingerprint density at radius 3 is 2.79 bits per heavy atom. The van der Waals surface area contributed by atoms with Gasteiger partial charge in [0.1, 0.15) is 5.76 Å². The molecule has 6 heteroatoms. The lowest BCUT2D eigenvalue weighted by atomic mass is 9.96. The number of thiocarbonyl (C=S) groups is 1. The standard InChI is InChI=1S/C23H27N3O2S/c1-16-7-5-8-17-13-18(22(27)25-21(16)17)14-26(15-20-11-6-12-28-20)23(29)24-19-9-3-2-4-10-19/h5-8,11-13,19H,2-4,9-10,14-15H2,1H3,(H,24,29)(H,25,27). The highest BCUT2D eigenvalue weighted by molar-refractivity contribution is 7.80. The molecule has 2 N–H and O–H groups in total. The van der Waals surface area contributed by atoms with Crippen LogP contribution < -0.4 is 10.9 Å². The van der Waals surface area contributed by atoms with Gasteiger partial charge in [-0.15, -0.1) is 0 Å². The summed E-state index contributed by atoms with van der Waals surface area (Å²) >= 11 is 5.75. The van der Waals surface area contributed by atoms with Gasteiger partial charge in [0, 0.05) is 11.6 Å². The van der Waals surface area contributed by atoms with Crippen molar-refractivity contribution in [1.29, 1.82) is 0 Å². The fraction of sp³-hybridized carbons (Fsp3) is 0.391. The number of nitrogens with zero attached hydrogens (tertiary/aromatic N) is 1. The molecule has 1 aromatic carbocycles. The first kappa shape index (κ1) is 19.7. The van der Waals surface area contributed by atoms with Gasteiger partial charge in [0.2, 0.25) is 0 Å². The second kappa shape index (κ2) is 8.82. The molecule has 0 amide bonds. The molecule has 0 bridgehead atoms. The number of aromatic amines is 1. The van der Waals surface area contributed by atoms with Gasteiger partial charge in [-0.3, -0.25) is 4.79 Å². The Morgan fingerprint density at radius 2 is 2.03 bits per heavy atom. The maximum atomic E-state index is 12.8. The molecule has 0 saturated heterocycles. The van der Waals surface area contributed by atoms with Crippen molar-refractivity contribution in [2.75, 3.05) is 0 Å². The number of hydrogen-bond acceptors (Lipinski definition) is 3. The quantitative estimate of drug-likeness (QED) is 0.601. The topological polar surface area (TPSA) is 61.3 Å². The Morgan fingerprint density at radius 1 is 1.21 bits per heavy atom. The van der Waals surface area contributed by atoms with E-state index in [9.17, 15) is 4.79 Å². The van der Waals surface area contributed by atoms with Crippen LogP contribution in [-0.4, -0.2) is 21.0 Å². The Balaban J connectivity index is 1.59. The predicted molar refractivity (Wildman–Crippen MR) is 120 cm³/mol. The highest BCUT2D eigenvalue weighted by atomic mass is 32.1. The molecule has 1 aliphatic carbocycles. The van der Waals surface area contributed by atoms with Crippen molar-refractivity contribution < 1.29 is 4.42 Å². The molecule has 29 heavy (non-hydrogen) atoms. The van der Waals surface area contributed by atoms with Crippen molar-refractivity contribution in [2.24, 2.45) is 0 Å². The van der Waals surface area contributed by atoms with Gasteiger partial charge >= 0.3 is 0 Å². The van der Waals surface area contributed by atoms with Gasteiger partial charge in [-0.25, -0.2) is 0 Å². The van der Waals surface area contributed by atoms with Crippen LogP contribution in [0.2, 0.25) is 0 Å². The number of fused-ring (bicyclic) bond motifs is 1. The summed E-state index contributed by atoms with van der Waals surface area (Å²) in [4.78, 5) is 17.8. The van der Waals surface area contributed by atoms with Gasteiger partial charge in [0.15, 0.2) is 5.11 Å². The summed E-state index contributed by atoms with van der Waals surface area (Å²) in [6, 6.07) is 12.2. The Labute approximate surface area is 176 Å². The number of pyridine rings is 1. The van der Waals surface area contributed by atoms with Crippen LogP contribution in [0.3, 0.4) is 0 Å². The van der Waals surface area contributed by atoms with Crippen molar-refractivity contribution in [3.63, 3.8) is 0 Å². The van der Waals surface area contributed by atoms with Crippen molar-refractivity contribution in [2.45, 2.75) is 58.2 Å². The third-order valence-corrected chi connectivity index (χ3v) is 6.05. The molecule has 1 saturated carbocycles. The number of para-hydroxylation sites is 1. The number of H-pyrrole nitrogens is 1. The first-order valence-electron chi connectivity index (χ1n) is 10.3. The van der Waals surface area contributed by atoms with E-state index in [0.717, 1.165) is 35.1 Å². The highest BCUT2D eigenvalue weighted by Crippen LogP contribution is 2.19. The molecular weight excluding hydrogens is 382 g/mol. The molecule has 0 unspecified atom stereocenters. The molecule has 0 atom stereocenters. The van der Waals surface area contributed by atoms with E-state index in [2.05, 4.69) is 10.3 Å². The van der Waals surface area contributed by atoms with Crippen LogP contribution in [0, 0.1) is 6.92 Å². The Kier molecular flexibility index (Phi) is 6.00. The van der Waals surface area contributed by atoms with Crippen molar-refractivity contribution in [3.8, 4) is 0 Å². The van der Waals surface area contributed by atoms with Gasteiger partial charge in [-0.1, -0.05) is 37.5 Å². The number of aromatic nitrogens is 1. The first-order valence-corrected chi connectivity index (χ1v) is 10.7. The summed E-state index contributed by atoms with van der Waals surface area (Å²) < 4.78 is 5.54. The van der Waals surface area contributed by atoms with E-state index in [1.54, 1.807) is 6.26 Å². The highest BCUT2D eigenvalue weighted by Gasteiger charge is 2.20. The summed E-state index contributed by atoms with van der Waals surface area (Å²) in [7, 11) is 0. The molecule has 1 fully saturated rings. The molecule has 5 nitrogen and oxygen atoms in total. The summed E-state index contributed by atoms with van der Waals surface area (Å²) in [6.07, 6.45) is 7.73. The van der Waals surface area contributed by atoms with E-state index < -0.39 is 0 Å². The predicted octanol–water partition coefficient (Wildman–Crippen LogP) is 4.64. The van der Waals surface area contributed by atoms with Crippen molar-refractivity contribution in [1.82, 2.24) is 15.2 Å². The van der Waals surface area contributed by atoms with E-state index >= 15 is 0 Å². The first-order chi connectivity index (χ1) is 14.1. The lowest BCUT2D eigenvalue weighted by molar-refractivity contribution is 0.334. The lowest BCUT2D eigenvalue weighted by Gasteiger charge is -2.30. The van der Waals surface area contributed by atoms with Crippen molar-refractivity contribution >= 4 is 28.2 Å². The van der Waals surface area contributed by atoms with Crippen LogP contribution in [-0.2, 0) is 13.1 Å². The van der Waals surface area contributed by atoms with Gasteiger partial charge in [0.05, 0.1) is 24.9 Å². The van der Waals surface area contributed by atoms with E-state index in [-0.39, 0.29) is 5.56 Å². The molecule has 0 aliphatic heterocycles. The maximum absolute atomic E-state index is 12.8. The minimum absolute atomic E-state index is 0.0725. The van der Waals surface area contributed by atoms with Crippen molar-refractivity contribution in [3.05, 3.63) is 69.9 Å². The summed E-state index contributed by atoms with van der Waals surface area (Å²) in [5.74, 6) is 0.825. The van der Waals surface area contributed by atoms with E-state index in [0.29, 0.717) is 29.8 Å². The maximum Gasteiger partial charge on any atom is 0.253 e. The fourth-order valence-electron chi connectivity index (χ4n) is 4.05. The molecule has 3 aromatic rings. The van der Waals surface area contributed by atoms with Crippen LogP contribution in [0.5, 0.6) is 0 Å². The average molecular weight is 410 g/mol. The smallest absolute Gasteiger partial charge is 0.253 e. The number of benzene rings is 1. The molecule has 0 spiro atoms. The van der Waals surface area contributed by atoms with Crippen LogP contribution in [0.25, 0.3) is 10.9 Å². The van der Waals surface area contributed by atoms with E-state index in [4.69, 9.17) is 16.6 Å². The van der Waals surface area contributed by atoms with Crippen LogP contribution in [0.1, 0.15) is 49.0 Å². The average Bonchev–Trinajstić information content (AvgIpc) is 3.23. The molecule has 4 rings (SSSR count). The second-order valence-electron chi connectivity index (χ2n) is 7.88. The number of aryl methyl sites for hydroxylation is 1. The SMILES string of the molecule is Cc1cccc2cc(CN(Cc3ccco3)C(=S)NC3CCCCC3)c(=O)[nH]c12. The van der Waals surface area contributed by atoms with E-state index in [1.165, 1.54) is 19.3 Å². The van der Waals surface area contributed by atoms with Crippen LogP contribution in [0.4, 0.5) is 0 Å². The molecule has 152 valence electrons. The number of rotatable bonds is 5. The monoisotopic (exact) mass is 409 g/mol. The zero-order valence-electron chi connectivity index (χ0n) is 16.7. The Bertz CT molecular complexity index is 1040. The normalized spacial score (nSPS) is 14.8. The lowest BCUT2D eigenvalue weighted by Crippen LogP contribution is -2.45. The Hall–Kier alpha value is -2.60. The van der Waals surface area contributed by atoms with Gasteiger partial charge < -0.3 is 19.6 Å². The number of furan rings is 1. The molecular formula is C23H27N3O2S. The number of hydrogen-bond donors (Lipinski definition) is 2. The fourth-order valence-corrected chi connectivity index (χ4v) is 4.35. The van der Waals surface area contributed by atoms with Gasteiger partial charge in [-0.05, 0) is 61.1 Å². The van der Waals surface area contributed by atoms with Crippen LogP contribution in [0.15, 0.2) is 51.9 Å². The largest absolute Gasteiger partial charge is 0.467 e. The summed E-state index contributed by atoms with van der Waals surface area (Å²) in [6.45, 7) is 2.96.